The van der Waals surface area contributed by atoms with Crippen molar-refractivity contribution in [2.45, 2.75) is 25.7 Å². The Bertz CT molecular complexity index is 842. The van der Waals surface area contributed by atoms with E-state index < -0.39 is 10.0 Å². The van der Waals surface area contributed by atoms with Crippen molar-refractivity contribution in [3.63, 3.8) is 0 Å². The van der Waals surface area contributed by atoms with E-state index in [1.807, 2.05) is 13.8 Å². The third-order valence-corrected chi connectivity index (χ3v) is 6.84. The summed E-state index contributed by atoms with van der Waals surface area (Å²) in [5.41, 5.74) is 0.449. The number of sulfonamides is 1. The van der Waals surface area contributed by atoms with Gasteiger partial charge in [-0.05, 0) is 32.9 Å². The van der Waals surface area contributed by atoms with Crippen LogP contribution in [0.1, 0.15) is 31.1 Å². The van der Waals surface area contributed by atoms with E-state index in [4.69, 9.17) is 0 Å². The molecule has 0 spiro atoms. The maximum Gasteiger partial charge on any atom is 0.317 e. The molecule has 1 fully saturated rings. The summed E-state index contributed by atoms with van der Waals surface area (Å²) in [5.74, 6) is -0.286. The molecule has 0 aromatic heterocycles. The fourth-order valence-electron chi connectivity index (χ4n) is 3.09. The first-order chi connectivity index (χ1) is 13.7. The van der Waals surface area contributed by atoms with E-state index in [9.17, 15) is 22.8 Å². The van der Waals surface area contributed by atoms with Gasteiger partial charge < -0.3 is 15.1 Å². The lowest BCUT2D eigenvalue weighted by Gasteiger charge is -2.34. The summed E-state index contributed by atoms with van der Waals surface area (Å²) in [6, 6.07) is 5.44. The number of carbonyl (C=O) groups excluding carboxylic acids is 3. The van der Waals surface area contributed by atoms with E-state index in [1.165, 1.54) is 40.4 Å². The normalized spacial score (nSPS) is 15.1. The minimum Gasteiger partial charge on any atom is -0.342 e. The number of urea groups is 1. The van der Waals surface area contributed by atoms with Crippen LogP contribution in [0.3, 0.4) is 0 Å². The Hall–Kier alpha value is -2.46. The molecule has 0 unspecified atom stereocenters. The van der Waals surface area contributed by atoms with Crippen molar-refractivity contribution in [3.05, 3.63) is 29.8 Å². The maximum absolute atomic E-state index is 12.8. The van der Waals surface area contributed by atoms with Crippen molar-refractivity contribution in [1.29, 1.82) is 0 Å². The Labute approximate surface area is 171 Å². The molecule has 1 saturated heterocycles. The molecule has 0 atom stereocenters. The molecule has 1 aliphatic heterocycles. The Morgan fingerprint density at radius 2 is 1.55 bits per heavy atom. The molecule has 0 bridgehead atoms. The molecule has 2 rings (SSSR count). The summed E-state index contributed by atoms with van der Waals surface area (Å²) in [4.78, 5) is 38.8. The summed E-state index contributed by atoms with van der Waals surface area (Å²) in [7, 11) is -3.69. The first kappa shape index (κ1) is 22.8. The molecular weight excluding hydrogens is 396 g/mol. The van der Waals surface area contributed by atoms with Crippen molar-refractivity contribution in [1.82, 2.24) is 19.4 Å². The number of nitrogens with one attached hydrogen (secondary N) is 1. The van der Waals surface area contributed by atoms with Crippen molar-refractivity contribution in [2.24, 2.45) is 0 Å². The minimum absolute atomic E-state index is 0.0818. The third-order valence-electron chi connectivity index (χ3n) is 4.93. The Morgan fingerprint density at radius 1 is 1.00 bits per heavy atom. The van der Waals surface area contributed by atoms with Gasteiger partial charge in [-0.3, -0.25) is 9.59 Å². The lowest BCUT2D eigenvalue weighted by atomic mass is 10.2. The number of nitrogens with zero attached hydrogens (tertiary/aromatic N) is 3. The van der Waals surface area contributed by atoms with Gasteiger partial charge in [0.1, 0.15) is 0 Å². The number of benzene rings is 1. The van der Waals surface area contributed by atoms with Crippen LogP contribution in [0.15, 0.2) is 29.2 Å². The van der Waals surface area contributed by atoms with Crippen molar-refractivity contribution < 1.29 is 22.8 Å². The average molecular weight is 425 g/mol. The standard InChI is InChI=1S/C19H28N4O5S/c1-4-21(5-2)18(25)14-20-19(26)22-10-12-23(13-11-22)29(27,28)17-8-6-16(7-9-17)15(3)24/h6-9H,4-5,10-14H2,1-3H3,(H,20,26). The molecule has 3 amide bonds. The van der Waals surface area contributed by atoms with Gasteiger partial charge in [0.2, 0.25) is 15.9 Å². The molecule has 160 valence electrons. The molecule has 9 nitrogen and oxygen atoms in total. The van der Waals surface area contributed by atoms with Gasteiger partial charge in [-0.15, -0.1) is 0 Å². The van der Waals surface area contributed by atoms with Crippen LogP contribution in [0.4, 0.5) is 4.79 Å². The monoisotopic (exact) mass is 424 g/mol. The first-order valence-electron chi connectivity index (χ1n) is 9.62. The minimum atomic E-state index is -3.69. The first-order valence-corrected chi connectivity index (χ1v) is 11.1. The summed E-state index contributed by atoms with van der Waals surface area (Å²) in [5, 5.41) is 2.60. The molecule has 1 heterocycles. The number of Topliss-reactive ketones (excluding diaryl/α,β-unsaturated/α-hetero) is 1. The summed E-state index contributed by atoms with van der Waals surface area (Å²) in [6.45, 7) is 7.02. The molecule has 1 aromatic carbocycles. The van der Waals surface area contributed by atoms with E-state index in [0.29, 0.717) is 18.7 Å². The number of amides is 3. The largest absolute Gasteiger partial charge is 0.342 e. The molecular formula is C19H28N4O5S. The molecule has 0 radical (unpaired) electrons. The van der Waals surface area contributed by atoms with E-state index in [2.05, 4.69) is 5.32 Å². The van der Waals surface area contributed by atoms with E-state index in [0.717, 1.165) is 0 Å². The SMILES string of the molecule is CCN(CC)C(=O)CNC(=O)N1CCN(S(=O)(=O)c2ccc(C(C)=O)cc2)CC1. The predicted octanol–water partition coefficient (Wildman–Crippen LogP) is 0.774. The second-order valence-corrected chi connectivity index (χ2v) is 8.63. The van der Waals surface area contributed by atoms with Crippen molar-refractivity contribution in [2.75, 3.05) is 45.8 Å². The highest BCUT2D eigenvalue weighted by atomic mass is 32.2. The molecule has 10 heteroatoms. The fourth-order valence-corrected chi connectivity index (χ4v) is 4.52. The number of ketones is 1. The smallest absolute Gasteiger partial charge is 0.317 e. The number of likely N-dealkylation sites (N-methyl/N-ethyl adjacent to an activating group) is 1. The number of piperazine rings is 1. The van der Waals surface area contributed by atoms with Gasteiger partial charge in [0, 0.05) is 44.8 Å². The number of hydrogen-bond acceptors (Lipinski definition) is 5. The Kier molecular flexibility index (Phi) is 7.74. The zero-order chi connectivity index (χ0) is 21.6. The molecule has 1 aliphatic rings. The van der Waals surface area contributed by atoms with Crippen LogP contribution < -0.4 is 5.32 Å². The fraction of sp³-hybridized carbons (Fsp3) is 0.526. The summed E-state index contributed by atoms with van der Waals surface area (Å²) < 4.78 is 26.9. The lowest BCUT2D eigenvalue weighted by molar-refractivity contribution is -0.129. The number of carbonyl (C=O) groups is 3. The second-order valence-electron chi connectivity index (χ2n) is 6.70. The molecule has 0 aliphatic carbocycles. The third kappa shape index (κ3) is 5.54. The Balaban J connectivity index is 1.91. The van der Waals surface area contributed by atoms with Gasteiger partial charge in [0.25, 0.3) is 0 Å². The number of rotatable bonds is 7. The molecule has 29 heavy (non-hydrogen) atoms. The van der Waals surface area contributed by atoms with Crippen LogP contribution in [-0.4, -0.2) is 86.1 Å². The Morgan fingerprint density at radius 3 is 2.03 bits per heavy atom. The van der Waals surface area contributed by atoms with Gasteiger partial charge in [0.15, 0.2) is 5.78 Å². The average Bonchev–Trinajstić information content (AvgIpc) is 2.73. The van der Waals surface area contributed by atoms with Gasteiger partial charge in [-0.2, -0.15) is 4.31 Å². The molecule has 0 saturated carbocycles. The van der Waals surface area contributed by atoms with Crippen LogP contribution in [0.2, 0.25) is 0 Å². The van der Waals surface area contributed by atoms with Gasteiger partial charge in [0.05, 0.1) is 11.4 Å². The van der Waals surface area contributed by atoms with Gasteiger partial charge >= 0.3 is 6.03 Å². The topological polar surface area (TPSA) is 107 Å². The summed E-state index contributed by atoms with van der Waals surface area (Å²) >= 11 is 0. The maximum atomic E-state index is 12.8. The lowest BCUT2D eigenvalue weighted by Crippen LogP contribution is -2.54. The second kappa shape index (κ2) is 9.84. The van der Waals surface area contributed by atoms with Crippen LogP contribution in [0.5, 0.6) is 0 Å². The van der Waals surface area contributed by atoms with Crippen LogP contribution in [-0.2, 0) is 14.8 Å². The highest BCUT2D eigenvalue weighted by molar-refractivity contribution is 7.89. The zero-order valence-corrected chi connectivity index (χ0v) is 17.9. The molecule has 1 aromatic rings. The van der Waals surface area contributed by atoms with Crippen LogP contribution in [0.25, 0.3) is 0 Å². The van der Waals surface area contributed by atoms with Crippen molar-refractivity contribution >= 4 is 27.7 Å². The van der Waals surface area contributed by atoms with Crippen LogP contribution in [0, 0.1) is 0 Å². The van der Waals surface area contributed by atoms with E-state index in [-0.39, 0.29) is 55.3 Å². The quantitative estimate of drug-likeness (QED) is 0.651. The van der Waals surface area contributed by atoms with E-state index in [1.54, 1.807) is 4.90 Å². The number of hydrogen-bond donors (Lipinski definition) is 1. The van der Waals surface area contributed by atoms with Gasteiger partial charge in [-0.25, -0.2) is 13.2 Å². The zero-order valence-electron chi connectivity index (χ0n) is 17.1. The highest BCUT2D eigenvalue weighted by Gasteiger charge is 2.30. The van der Waals surface area contributed by atoms with E-state index >= 15 is 0 Å². The predicted molar refractivity (Wildman–Crippen MR) is 108 cm³/mol. The van der Waals surface area contributed by atoms with Crippen molar-refractivity contribution in [3.8, 4) is 0 Å². The molecule has 1 N–H and O–H groups in total. The summed E-state index contributed by atoms with van der Waals surface area (Å²) in [6.07, 6.45) is 0. The highest BCUT2D eigenvalue weighted by Crippen LogP contribution is 2.18. The van der Waals surface area contributed by atoms with Gasteiger partial charge in [-0.1, -0.05) is 12.1 Å². The van der Waals surface area contributed by atoms with Crippen LogP contribution >= 0.6 is 0 Å².